The first-order chi connectivity index (χ1) is 12.6. The third kappa shape index (κ3) is 4.38. The zero-order valence-electron chi connectivity index (χ0n) is 14.5. The molecule has 1 aromatic carbocycles. The SMILES string of the molecule is CC(=O)C1CC1.O=C1Nc2ccc(Cl)cc2[C@@](C#CC2CC2)(C(F)(F)F)O1. The first-order valence-electron chi connectivity index (χ1n) is 8.52. The maximum Gasteiger partial charge on any atom is 0.445 e. The summed E-state index contributed by atoms with van der Waals surface area (Å²) in [6.07, 6.45) is -2.24. The van der Waals surface area contributed by atoms with E-state index in [1.807, 2.05) is 0 Å². The minimum absolute atomic E-state index is 0.00179. The average molecular weight is 400 g/mol. The Kier molecular flexibility index (Phi) is 5.13. The lowest BCUT2D eigenvalue weighted by atomic mass is 9.90. The molecule has 8 heteroatoms. The van der Waals surface area contributed by atoms with Gasteiger partial charge in [0.05, 0.1) is 5.69 Å². The number of ether oxygens (including phenoxy) is 1. The van der Waals surface area contributed by atoms with E-state index in [2.05, 4.69) is 21.9 Å². The van der Waals surface area contributed by atoms with Crippen molar-refractivity contribution in [2.45, 2.75) is 44.4 Å². The van der Waals surface area contributed by atoms with Crippen molar-refractivity contribution in [1.82, 2.24) is 0 Å². The van der Waals surface area contributed by atoms with Gasteiger partial charge in [-0.15, -0.1) is 0 Å². The normalized spacial score (nSPS) is 23.5. The van der Waals surface area contributed by atoms with Crippen LogP contribution in [0.1, 0.15) is 38.2 Å². The second-order valence-electron chi connectivity index (χ2n) is 6.81. The van der Waals surface area contributed by atoms with Crippen LogP contribution in [0, 0.1) is 23.7 Å². The predicted octanol–water partition coefficient (Wildman–Crippen LogP) is 5.06. The van der Waals surface area contributed by atoms with E-state index in [4.69, 9.17) is 11.6 Å². The number of nitrogens with one attached hydrogen (secondary N) is 1. The standard InChI is InChI=1S/C14H9ClF3NO2.C5H8O/c15-9-3-4-11-10(7-9)13(14(16,17)18,21-12(20)19-11)6-5-8-1-2-8;1-4(6)5-2-3-5/h3-4,7-8H,1-2H2,(H,19,20);5H,2-3H2,1H3/t13-;/m0./s1. The van der Waals surface area contributed by atoms with Crippen molar-refractivity contribution in [3.05, 3.63) is 28.8 Å². The maximum atomic E-state index is 13.6. The van der Waals surface area contributed by atoms with Gasteiger partial charge in [-0.05, 0) is 56.7 Å². The van der Waals surface area contributed by atoms with Crippen LogP contribution in [-0.4, -0.2) is 18.1 Å². The number of hydrogen-bond acceptors (Lipinski definition) is 3. The molecule has 1 amide bonds. The number of halogens is 4. The molecule has 1 aliphatic heterocycles. The molecule has 3 aliphatic rings. The van der Waals surface area contributed by atoms with Gasteiger partial charge in [0, 0.05) is 22.4 Å². The number of alkyl halides is 3. The Balaban J connectivity index is 0.000000299. The second kappa shape index (κ2) is 7.08. The monoisotopic (exact) mass is 399 g/mol. The number of hydrogen-bond donors (Lipinski definition) is 1. The number of rotatable bonds is 1. The van der Waals surface area contributed by atoms with Crippen LogP contribution in [0.5, 0.6) is 0 Å². The van der Waals surface area contributed by atoms with Crippen LogP contribution in [0.3, 0.4) is 0 Å². The molecular formula is C19H17ClF3NO3. The molecule has 4 rings (SSSR count). The second-order valence-corrected chi connectivity index (χ2v) is 7.25. The van der Waals surface area contributed by atoms with E-state index in [9.17, 15) is 22.8 Å². The molecule has 1 atom stereocenters. The summed E-state index contributed by atoms with van der Waals surface area (Å²) < 4.78 is 45.4. The Bertz CT molecular complexity index is 835. The maximum absolute atomic E-state index is 13.6. The summed E-state index contributed by atoms with van der Waals surface area (Å²) in [6.45, 7) is 1.66. The lowest BCUT2D eigenvalue weighted by molar-refractivity contribution is -0.239. The average Bonchev–Trinajstić information content (AvgIpc) is 3.46. The van der Waals surface area contributed by atoms with Crippen molar-refractivity contribution >= 4 is 29.2 Å². The lowest BCUT2D eigenvalue weighted by Gasteiger charge is -2.35. The molecular weight excluding hydrogens is 383 g/mol. The van der Waals surface area contributed by atoms with Crippen molar-refractivity contribution in [1.29, 1.82) is 0 Å². The first kappa shape index (κ1) is 19.6. The molecule has 144 valence electrons. The first-order valence-corrected chi connectivity index (χ1v) is 8.90. The van der Waals surface area contributed by atoms with Crippen molar-refractivity contribution in [3.8, 4) is 11.8 Å². The van der Waals surface area contributed by atoms with Crippen LogP contribution < -0.4 is 5.32 Å². The van der Waals surface area contributed by atoms with Crippen molar-refractivity contribution in [2.75, 3.05) is 5.32 Å². The van der Waals surface area contributed by atoms with Crippen LogP contribution >= 0.6 is 11.6 Å². The van der Waals surface area contributed by atoms with Gasteiger partial charge in [-0.2, -0.15) is 13.2 Å². The Morgan fingerprint density at radius 2 is 1.96 bits per heavy atom. The summed E-state index contributed by atoms with van der Waals surface area (Å²) in [6, 6.07) is 3.81. The number of Topliss-reactive ketones (excluding diaryl/α,β-unsaturated/α-hetero) is 1. The van der Waals surface area contributed by atoms with Crippen LogP contribution in [-0.2, 0) is 15.1 Å². The van der Waals surface area contributed by atoms with Gasteiger partial charge in [0.15, 0.2) is 0 Å². The number of anilines is 1. The molecule has 2 saturated carbocycles. The summed E-state index contributed by atoms with van der Waals surface area (Å²) in [4.78, 5) is 21.7. The highest BCUT2D eigenvalue weighted by molar-refractivity contribution is 6.30. The lowest BCUT2D eigenvalue weighted by Crippen LogP contribution is -2.49. The Labute approximate surface area is 159 Å². The van der Waals surface area contributed by atoms with Gasteiger partial charge in [0.2, 0.25) is 0 Å². The topological polar surface area (TPSA) is 55.4 Å². The Morgan fingerprint density at radius 3 is 2.44 bits per heavy atom. The summed E-state index contributed by atoms with van der Waals surface area (Å²) in [7, 11) is 0. The fourth-order valence-corrected chi connectivity index (χ4v) is 2.71. The predicted molar refractivity (Wildman–Crippen MR) is 93.2 cm³/mol. The number of ketones is 1. The number of cyclic esters (lactones) is 1. The molecule has 0 aromatic heterocycles. The van der Waals surface area contributed by atoms with E-state index in [1.54, 1.807) is 6.92 Å². The molecule has 0 unspecified atom stereocenters. The Morgan fingerprint density at radius 1 is 1.30 bits per heavy atom. The molecule has 2 aliphatic carbocycles. The number of amides is 1. The van der Waals surface area contributed by atoms with Crippen LogP contribution in [0.25, 0.3) is 0 Å². The summed E-state index contributed by atoms with van der Waals surface area (Å²) in [5.74, 6) is 5.43. The van der Waals surface area contributed by atoms with Gasteiger partial charge in [0.1, 0.15) is 5.78 Å². The number of fused-ring (bicyclic) bond motifs is 1. The fraction of sp³-hybridized carbons (Fsp3) is 0.474. The molecule has 1 aromatic rings. The smallest absolute Gasteiger partial charge is 0.415 e. The minimum atomic E-state index is -4.87. The molecule has 4 nitrogen and oxygen atoms in total. The molecule has 2 fully saturated rings. The van der Waals surface area contributed by atoms with E-state index >= 15 is 0 Å². The highest BCUT2D eigenvalue weighted by Crippen LogP contribution is 2.48. The molecule has 27 heavy (non-hydrogen) atoms. The summed E-state index contributed by atoms with van der Waals surface area (Å²) in [5.41, 5.74) is -3.27. The number of carbonyl (C=O) groups is 2. The molecule has 1 heterocycles. The zero-order valence-corrected chi connectivity index (χ0v) is 15.2. The van der Waals surface area contributed by atoms with Crippen LogP contribution in [0.2, 0.25) is 5.02 Å². The van der Waals surface area contributed by atoms with E-state index in [1.165, 1.54) is 12.1 Å². The highest BCUT2D eigenvalue weighted by Gasteiger charge is 2.62. The largest absolute Gasteiger partial charge is 0.445 e. The van der Waals surface area contributed by atoms with Gasteiger partial charge in [-0.3, -0.25) is 10.1 Å². The summed E-state index contributed by atoms with van der Waals surface area (Å²) >= 11 is 5.78. The minimum Gasteiger partial charge on any atom is -0.415 e. The molecule has 0 radical (unpaired) electrons. The molecule has 0 bridgehead atoms. The van der Waals surface area contributed by atoms with Crippen molar-refractivity contribution in [2.24, 2.45) is 11.8 Å². The van der Waals surface area contributed by atoms with Gasteiger partial charge < -0.3 is 4.74 Å². The third-order valence-electron chi connectivity index (χ3n) is 4.42. The summed E-state index contributed by atoms with van der Waals surface area (Å²) in [5, 5.41) is 2.34. The Hall–Kier alpha value is -2.20. The third-order valence-corrected chi connectivity index (χ3v) is 4.66. The van der Waals surface area contributed by atoms with Gasteiger partial charge in [0.25, 0.3) is 5.60 Å². The van der Waals surface area contributed by atoms with E-state index in [0.29, 0.717) is 11.7 Å². The highest BCUT2D eigenvalue weighted by atomic mass is 35.5. The molecule has 1 N–H and O–H groups in total. The van der Waals surface area contributed by atoms with E-state index in [0.717, 1.165) is 31.7 Å². The van der Waals surface area contributed by atoms with E-state index in [-0.39, 0.29) is 22.2 Å². The van der Waals surface area contributed by atoms with Crippen LogP contribution in [0.4, 0.5) is 23.7 Å². The molecule has 0 saturated heterocycles. The van der Waals surface area contributed by atoms with Crippen LogP contribution in [0.15, 0.2) is 18.2 Å². The van der Waals surface area contributed by atoms with Gasteiger partial charge >= 0.3 is 12.3 Å². The molecule has 0 spiro atoms. The fourth-order valence-electron chi connectivity index (χ4n) is 2.54. The quantitative estimate of drug-likeness (QED) is 0.672. The van der Waals surface area contributed by atoms with Gasteiger partial charge in [-0.1, -0.05) is 17.5 Å². The van der Waals surface area contributed by atoms with Gasteiger partial charge in [-0.25, -0.2) is 4.79 Å². The number of carbonyl (C=O) groups excluding carboxylic acids is 2. The van der Waals surface area contributed by atoms with Crippen molar-refractivity contribution < 1.29 is 27.5 Å². The number of benzene rings is 1. The van der Waals surface area contributed by atoms with Crippen molar-refractivity contribution in [3.63, 3.8) is 0 Å². The van der Waals surface area contributed by atoms with E-state index < -0.39 is 17.9 Å². The zero-order chi connectivity index (χ0) is 19.8.